The molecule has 1 aromatic carbocycles. The van der Waals surface area contributed by atoms with Gasteiger partial charge in [0, 0.05) is 17.7 Å². The average Bonchev–Trinajstić information content (AvgIpc) is 2.46. The van der Waals surface area contributed by atoms with Gasteiger partial charge in [0.25, 0.3) is 0 Å². The van der Waals surface area contributed by atoms with Gasteiger partial charge in [0.05, 0.1) is 5.56 Å². The van der Waals surface area contributed by atoms with Crippen LogP contribution in [0.5, 0.6) is 0 Å². The third-order valence-corrected chi connectivity index (χ3v) is 2.93. The Kier molecular flexibility index (Phi) is 3.54. The zero-order valence-electron chi connectivity index (χ0n) is 10.3. The Labute approximate surface area is 108 Å². The van der Waals surface area contributed by atoms with E-state index in [1.807, 2.05) is 41.1 Å². The number of hydrogen-bond acceptors (Lipinski definition) is 0. The Balaban J connectivity index is 2.73. The van der Waals surface area contributed by atoms with Crippen molar-refractivity contribution in [1.29, 1.82) is 0 Å². The minimum Gasteiger partial charge on any atom is -0.167 e. The topological polar surface area (TPSA) is 3.88 Å². The number of nitrogens with zero attached hydrogens (tertiary/aromatic N) is 1. The minimum absolute atomic E-state index is 1.00. The molecule has 88 valence electrons. The highest BCUT2D eigenvalue weighted by atomic mass is 14.9. The first-order valence-corrected chi connectivity index (χ1v) is 5.82. The Bertz CT molecular complexity index is 595. The smallest absolute Gasteiger partial charge is 0.167 e. The Hall–Kier alpha value is -2.41. The molecule has 0 aliphatic carbocycles. The zero-order chi connectivity index (χ0) is 13.0. The standard InChI is InChI=1S/C17H16N/c1-4-15-16(14-10-8-7-9-11-14)12-13-18(6-3)17(15)5-2/h4-13H,1-3H2/q+1. The van der Waals surface area contributed by atoms with Gasteiger partial charge in [-0.3, -0.25) is 0 Å². The maximum Gasteiger partial charge on any atom is 0.217 e. The summed E-state index contributed by atoms with van der Waals surface area (Å²) < 4.78 is 1.94. The lowest BCUT2D eigenvalue weighted by Crippen LogP contribution is -2.30. The number of hydrogen-bond donors (Lipinski definition) is 0. The van der Waals surface area contributed by atoms with Gasteiger partial charge < -0.3 is 0 Å². The van der Waals surface area contributed by atoms with Crippen molar-refractivity contribution in [1.82, 2.24) is 0 Å². The van der Waals surface area contributed by atoms with Gasteiger partial charge in [-0.05, 0) is 12.1 Å². The molecule has 2 aromatic rings. The van der Waals surface area contributed by atoms with E-state index in [1.54, 1.807) is 6.20 Å². The summed E-state index contributed by atoms with van der Waals surface area (Å²) in [5, 5.41) is 0. The van der Waals surface area contributed by atoms with E-state index >= 15 is 0 Å². The van der Waals surface area contributed by atoms with Crippen molar-refractivity contribution in [2.75, 3.05) is 0 Å². The van der Waals surface area contributed by atoms with E-state index in [0.717, 1.165) is 16.8 Å². The quantitative estimate of drug-likeness (QED) is 0.703. The van der Waals surface area contributed by atoms with Crippen LogP contribution in [0.3, 0.4) is 0 Å². The summed E-state index contributed by atoms with van der Waals surface area (Å²) in [5.41, 5.74) is 4.39. The molecule has 2 rings (SSSR count). The van der Waals surface area contributed by atoms with Crippen molar-refractivity contribution >= 4 is 18.4 Å². The van der Waals surface area contributed by atoms with Crippen LogP contribution in [0.15, 0.2) is 62.3 Å². The van der Waals surface area contributed by atoms with E-state index in [-0.39, 0.29) is 0 Å². The second kappa shape index (κ2) is 5.28. The van der Waals surface area contributed by atoms with Gasteiger partial charge in [0.1, 0.15) is 0 Å². The second-order valence-electron chi connectivity index (χ2n) is 3.89. The molecular formula is C17H16N+. The molecule has 0 atom stereocenters. The van der Waals surface area contributed by atoms with Gasteiger partial charge in [0.2, 0.25) is 5.69 Å². The summed E-state index contributed by atoms with van der Waals surface area (Å²) in [6.07, 6.45) is 7.43. The van der Waals surface area contributed by atoms with Gasteiger partial charge >= 0.3 is 0 Å². The number of benzene rings is 1. The van der Waals surface area contributed by atoms with Crippen LogP contribution in [-0.4, -0.2) is 0 Å². The van der Waals surface area contributed by atoms with Gasteiger partial charge in [0.15, 0.2) is 12.4 Å². The van der Waals surface area contributed by atoms with Gasteiger partial charge in [-0.1, -0.05) is 49.6 Å². The summed E-state index contributed by atoms with van der Waals surface area (Å²) in [6, 6.07) is 12.3. The predicted octanol–water partition coefficient (Wildman–Crippen LogP) is 4.03. The fourth-order valence-electron chi connectivity index (χ4n) is 2.06. The lowest BCUT2D eigenvalue weighted by molar-refractivity contribution is -0.570. The van der Waals surface area contributed by atoms with Crippen molar-refractivity contribution in [3.63, 3.8) is 0 Å². The van der Waals surface area contributed by atoms with E-state index in [4.69, 9.17) is 0 Å². The van der Waals surface area contributed by atoms with Crippen LogP contribution in [0.4, 0.5) is 0 Å². The molecule has 0 aliphatic heterocycles. The van der Waals surface area contributed by atoms with Crippen LogP contribution in [-0.2, 0) is 0 Å². The average molecular weight is 234 g/mol. The highest BCUT2D eigenvalue weighted by Gasteiger charge is 2.14. The predicted molar refractivity (Wildman–Crippen MR) is 78.6 cm³/mol. The molecule has 1 aromatic heterocycles. The fourth-order valence-corrected chi connectivity index (χ4v) is 2.06. The molecule has 0 N–H and O–H groups in total. The Morgan fingerprint density at radius 2 is 1.61 bits per heavy atom. The second-order valence-corrected chi connectivity index (χ2v) is 3.89. The first kappa shape index (κ1) is 12.1. The zero-order valence-corrected chi connectivity index (χ0v) is 10.3. The molecule has 18 heavy (non-hydrogen) atoms. The monoisotopic (exact) mass is 234 g/mol. The van der Waals surface area contributed by atoms with Crippen LogP contribution >= 0.6 is 0 Å². The Morgan fingerprint density at radius 3 is 2.17 bits per heavy atom. The molecule has 0 aliphatic rings. The molecule has 0 saturated heterocycles. The first-order chi connectivity index (χ1) is 8.81. The molecule has 0 bridgehead atoms. The van der Waals surface area contributed by atoms with Crippen molar-refractivity contribution in [3.05, 3.63) is 73.6 Å². The van der Waals surface area contributed by atoms with Crippen molar-refractivity contribution < 1.29 is 4.57 Å². The largest absolute Gasteiger partial charge is 0.217 e. The molecule has 0 saturated carbocycles. The molecule has 0 radical (unpaired) electrons. The first-order valence-electron chi connectivity index (χ1n) is 5.82. The maximum absolute atomic E-state index is 3.91. The molecule has 1 heterocycles. The molecule has 0 unspecified atom stereocenters. The normalized spacial score (nSPS) is 9.78. The van der Waals surface area contributed by atoms with Gasteiger partial charge in [-0.2, -0.15) is 4.57 Å². The van der Waals surface area contributed by atoms with E-state index < -0.39 is 0 Å². The van der Waals surface area contributed by atoms with Gasteiger partial charge in [-0.25, -0.2) is 0 Å². The maximum atomic E-state index is 3.91. The summed E-state index contributed by atoms with van der Waals surface area (Å²) in [4.78, 5) is 0. The summed E-state index contributed by atoms with van der Waals surface area (Å²) in [5.74, 6) is 0. The lowest BCUT2D eigenvalue weighted by atomic mass is 9.99. The highest BCUT2D eigenvalue weighted by molar-refractivity contribution is 5.78. The number of rotatable bonds is 4. The SMILES string of the molecule is C=Cc1c(-c2ccccc2)cc[n+](C=C)c1C=C. The number of pyridine rings is 1. The van der Waals surface area contributed by atoms with Crippen LogP contribution in [0.25, 0.3) is 29.5 Å². The van der Waals surface area contributed by atoms with Crippen molar-refractivity contribution in [2.45, 2.75) is 0 Å². The summed E-state index contributed by atoms with van der Waals surface area (Å²) in [7, 11) is 0. The van der Waals surface area contributed by atoms with Crippen molar-refractivity contribution in [3.8, 4) is 11.1 Å². The highest BCUT2D eigenvalue weighted by Crippen LogP contribution is 2.25. The third kappa shape index (κ3) is 2.03. The van der Waals surface area contributed by atoms with E-state index in [1.165, 1.54) is 5.56 Å². The van der Waals surface area contributed by atoms with E-state index in [9.17, 15) is 0 Å². The van der Waals surface area contributed by atoms with Crippen molar-refractivity contribution in [2.24, 2.45) is 0 Å². The van der Waals surface area contributed by atoms with E-state index in [2.05, 4.69) is 37.9 Å². The number of aromatic nitrogens is 1. The van der Waals surface area contributed by atoms with Gasteiger partial charge in [-0.15, -0.1) is 0 Å². The summed E-state index contributed by atoms with van der Waals surface area (Å²) in [6.45, 7) is 11.6. The molecule has 0 amide bonds. The Morgan fingerprint density at radius 1 is 0.889 bits per heavy atom. The van der Waals surface area contributed by atoms with Crippen LogP contribution < -0.4 is 4.57 Å². The molecule has 1 heteroatoms. The molecular weight excluding hydrogens is 218 g/mol. The van der Waals surface area contributed by atoms with Crippen LogP contribution in [0, 0.1) is 0 Å². The molecule has 0 fully saturated rings. The fraction of sp³-hybridized carbons (Fsp3) is 0. The molecule has 0 spiro atoms. The van der Waals surface area contributed by atoms with Crippen LogP contribution in [0.1, 0.15) is 11.3 Å². The minimum atomic E-state index is 1.00. The van der Waals surface area contributed by atoms with Crippen LogP contribution in [0.2, 0.25) is 0 Å². The van der Waals surface area contributed by atoms with E-state index in [0.29, 0.717) is 0 Å². The summed E-state index contributed by atoms with van der Waals surface area (Å²) >= 11 is 0. The molecule has 1 nitrogen and oxygen atoms in total. The lowest BCUT2D eigenvalue weighted by Gasteiger charge is -2.07. The third-order valence-electron chi connectivity index (χ3n) is 2.93.